The monoisotopic (exact) mass is 400 g/mol. The highest BCUT2D eigenvalue weighted by Crippen LogP contribution is 2.24. The quantitative estimate of drug-likeness (QED) is 0.536. The van der Waals surface area contributed by atoms with Gasteiger partial charge in [0.25, 0.3) is 0 Å². The second-order valence-corrected chi connectivity index (χ2v) is 6.95. The molecule has 0 unspecified atom stereocenters. The predicted octanol–water partition coefficient (Wildman–Crippen LogP) is 3.68. The normalized spacial score (nSPS) is 11.6. The lowest BCUT2D eigenvalue weighted by atomic mass is 10.1. The standard InChI is InChI=1S/C25H21NO4/c1-3-16-7-12-23-21(13-16)22(26-19-6-4-5-18(14-19)25(27)28)15-24(30-23)17-8-10-20(29-2)11-9-17/h4-15H,3H2,1-2H3,(H,27,28)/p+1. The Kier molecular flexibility index (Phi) is 5.35. The van der Waals surface area contributed by atoms with E-state index in [-0.39, 0.29) is 5.56 Å². The summed E-state index contributed by atoms with van der Waals surface area (Å²) in [6.07, 6.45) is 0.907. The molecule has 3 aromatic carbocycles. The van der Waals surface area contributed by atoms with Gasteiger partial charge in [0.05, 0.1) is 24.1 Å². The van der Waals surface area contributed by atoms with Gasteiger partial charge in [0, 0.05) is 17.7 Å². The summed E-state index contributed by atoms with van der Waals surface area (Å²) < 4.78 is 11.4. The van der Waals surface area contributed by atoms with E-state index in [2.05, 4.69) is 24.0 Å². The Morgan fingerprint density at radius 1 is 1.03 bits per heavy atom. The summed E-state index contributed by atoms with van der Waals surface area (Å²) in [6, 6.07) is 22.5. The van der Waals surface area contributed by atoms with Crippen LogP contribution in [-0.2, 0) is 6.42 Å². The number of benzene rings is 3. The third-order valence-corrected chi connectivity index (χ3v) is 5.00. The first-order valence-corrected chi connectivity index (χ1v) is 9.72. The number of carboxylic acids is 1. The van der Waals surface area contributed by atoms with E-state index in [1.165, 1.54) is 5.56 Å². The zero-order valence-corrected chi connectivity index (χ0v) is 16.8. The van der Waals surface area contributed by atoms with E-state index in [1.54, 1.807) is 25.3 Å². The third kappa shape index (κ3) is 3.96. The van der Waals surface area contributed by atoms with Crippen LogP contribution in [0.15, 0.2) is 77.2 Å². The second kappa shape index (κ2) is 8.25. The number of ether oxygens (including phenoxy) is 1. The van der Waals surface area contributed by atoms with Gasteiger partial charge in [0.15, 0.2) is 0 Å². The van der Waals surface area contributed by atoms with E-state index in [0.29, 0.717) is 11.4 Å². The Bertz CT molecular complexity index is 1290. The minimum absolute atomic E-state index is 0.231. The maximum atomic E-state index is 11.3. The number of hydrogen-bond acceptors (Lipinski definition) is 3. The van der Waals surface area contributed by atoms with Crippen molar-refractivity contribution >= 4 is 22.6 Å². The zero-order valence-electron chi connectivity index (χ0n) is 16.8. The van der Waals surface area contributed by atoms with Gasteiger partial charge in [-0.05, 0) is 54.4 Å². The van der Waals surface area contributed by atoms with Crippen molar-refractivity contribution in [2.75, 3.05) is 7.11 Å². The molecule has 2 N–H and O–H groups in total. The second-order valence-electron chi connectivity index (χ2n) is 6.95. The van der Waals surface area contributed by atoms with Crippen molar-refractivity contribution in [2.24, 2.45) is 0 Å². The SMILES string of the molecule is CCc1ccc2oc(-c3ccc(OC)cc3)cc(=[NH+]c3cccc(C(=O)O)c3)c2c1. The highest BCUT2D eigenvalue weighted by Gasteiger charge is 2.12. The molecule has 0 bridgehead atoms. The van der Waals surface area contributed by atoms with Crippen molar-refractivity contribution < 1.29 is 24.0 Å². The first kappa shape index (κ1) is 19.5. The largest absolute Gasteiger partial charge is 0.497 e. The van der Waals surface area contributed by atoms with E-state index < -0.39 is 5.97 Å². The first-order valence-electron chi connectivity index (χ1n) is 9.72. The van der Waals surface area contributed by atoms with E-state index in [0.717, 1.165) is 34.1 Å². The number of aryl methyl sites for hydroxylation is 1. The molecule has 0 aliphatic heterocycles. The van der Waals surface area contributed by atoms with Crippen molar-refractivity contribution in [3.05, 3.63) is 89.3 Å². The van der Waals surface area contributed by atoms with Crippen LogP contribution in [0, 0.1) is 0 Å². The Balaban J connectivity index is 1.95. The molecule has 1 aromatic heterocycles. The van der Waals surface area contributed by atoms with Crippen LogP contribution in [0.3, 0.4) is 0 Å². The molecule has 30 heavy (non-hydrogen) atoms. The molecule has 0 aliphatic rings. The molecule has 4 rings (SSSR count). The lowest BCUT2D eigenvalue weighted by Gasteiger charge is -2.06. The van der Waals surface area contributed by atoms with Gasteiger partial charge in [-0.1, -0.05) is 19.1 Å². The lowest BCUT2D eigenvalue weighted by molar-refractivity contribution is -0.400. The molecule has 0 radical (unpaired) electrons. The average Bonchev–Trinajstić information content (AvgIpc) is 2.79. The summed E-state index contributed by atoms with van der Waals surface area (Å²) in [7, 11) is 1.63. The molecular formula is C25H22NO4+. The van der Waals surface area contributed by atoms with Gasteiger partial charge in [-0.15, -0.1) is 0 Å². The number of rotatable bonds is 5. The van der Waals surface area contributed by atoms with E-state index in [4.69, 9.17) is 9.15 Å². The summed E-state index contributed by atoms with van der Waals surface area (Å²) in [5.74, 6) is 0.515. The van der Waals surface area contributed by atoms with Gasteiger partial charge in [-0.3, -0.25) is 0 Å². The Morgan fingerprint density at radius 2 is 1.83 bits per heavy atom. The third-order valence-electron chi connectivity index (χ3n) is 5.00. The molecule has 5 nitrogen and oxygen atoms in total. The van der Waals surface area contributed by atoms with Crippen molar-refractivity contribution in [3.8, 4) is 17.1 Å². The maximum Gasteiger partial charge on any atom is 0.335 e. The summed E-state index contributed by atoms with van der Waals surface area (Å²) in [5.41, 5.74) is 3.79. The number of nitrogens with one attached hydrogen (secondary N) is 1. The smallest absolute Gasteiger partial charge is 0.335 e. The minimum atomic E-state index is -0.959. The van der Waals surface area contributed by atoms with Gasteiger partial charge < -0.3 is 14.3 Å². The fourth-order valence-corrected chi connectivity index (χ4v) is 3.34. The van der Waals surface area contributed by atoms with Gasteiger partial charge in [-0.25, -0.2) is 9.79 Å². The summed E-state index contributed by atoms with van der Waals surface area (Å²) in [5, 5.41) is 11.1. The molecule has 0 saturated heterocycles. The van der Waals surface area contributed by atoms with Crippen molar-refractivity contribution in [2.45, 2.75) is 13.3 Å². The highest BCUT2D eigenvalue weighted by atomic mass is 16.5. The van der Waals surface area contributed by atoms with Crippen LogP contribution in [0.5, 0.6) is 5.75 Å². The van der Waals surface area contributed by atoms with Crippen LogP contribution < -0.4 is 15.1 Å². The van der Waals surface area contributed by atoms with Crippen molar-refractivity contribution in [3.63, 3.8) is 0 Å². The molecule has 0 aliphatic carbocycles. The molecule has 0 fully saturated rings. The maximum absolute atomic E-state index is 11.3. The topological polar surface area (TPSA) is 73.6 Å². The fraction of sp³-hybridized carbons (Fsp3) is 0.120. The molecule has 1 heterocycles. The zero-order chi connectivity index (χ0) is 21.1. The number of fused-ring (bicyclic) bond motifs is 1. The number of methoxy groups -OCH3 is 1. The van der Waals surface area contributed by atoms with Crippen LogP contribution in [0.4, 0.5) is 5.69 Å². The molecule has 0 spiro atoms. The molecule has 0 saturated carbocycles. The predicted molar refractivity (Wildman–Crippen MR) is 115 cm³/mol. The van der Waals surface area contributed by atoms with Crippen molar-refractivity contribution in [1.29, 1.82) is 0 Å². The van der Waals surface area contributed by atoms with Crippen LogP contribution in [0.25, 0.3) is 22.3 Å². The highest BCUT2D eigenvalue weighted by molar-refractivity contribution is 5.88. The van der Waals surface area contributed by atoms with E-state index in [1.807, 2.05) is 42.5 Å². The summed E-state index contributed by atoms with van der Waals surface area (Å²) in [4.78, 5) is 14.7. The number of aromatic carboxylic acids is 1. The van der Waals surface area contributed by atoms with Crippen LogP contribution in [0.2, 0.25) is 0 Å². The van der Waals surface area contributed by atoms with Gasteiger partial charge >= 0.3 is 5.97 Å². The van der Waals surface area contributed by atoms with Crippen LogP contribution >= 0.6 is 0 Å². The van der Waals surface area contributed by atoms with Crippen LogP contribution in [-0.4, -0.2) is 18.2 Å². The Hall–Kier alpha value is -3.86. The van der Waals surface area contributed by atoms with E-state index in [9.17, 15) is 9.90 Å². The van der Waals surface area contributed by atoms with Gasteiger partial charge in [0.2, 0.25) is 11.0 Å². The first-order chi connectivity index (χ1) is 14.6. The minimum Gasteiger partial charge on any atom is -0.497 e. The molecular weight excluding hydrogens is 378 g/mol. The Morgan fingerprint density at radius 3 is 2.53 bits per heavy atom. The summed E-state index contributed by atoms with van der Waals surface area (Å²) in [6.45, 7) is 2.10. The number of hydrogen-bond donors (Lipinski definition) is 2. The fourth-order valence-electron chi connectivity index (χ4n) is 3.34. The molecule has 5 heteroatoms. The molecule has 0 atom stereocenters. The molecule has 4 aromatic rings. The number of carboxylic acid groups (broad SMARTS) is 1. The van der Waals surface area contributed by atoms with Gasteiger partial charge in [-0.2, -0.15) is 0 Å². The lowest BCUT2D eigenvalue weighted by Crippen LogP contribution is -2.70. The van der Waals surface area contributed by atoms with E-state index >= 15 is 0 Å². The summed E-state index contributed by atoms with van der Waals surface area (Å²) >= 11 is 0. The van der Waals surface area contributed by atoms with Crippen LogP contribution in [0.1, 0.15) is 22.8 Å². The van der Waals surface area contributed by atoms with Crippen molar-refractivity contribution in [1.82, 2.24) is 0 Å². The Labute approximate surface area is 173 Å². The molecule has 0 amide bonds. The molecule has 150 valence electrons. The number of carbonyl (C=O) groups is 1. The average molecular weight is 400 g/mol. The van der Waals surface area contributed by atoms with Gasteiger partial charge in [0.1, 0.15) is 17.1 Å².